The number of carbonyl (C=O) groups excluding carboxylic acids is 4. The van der Waals surface area contributed by atoms with E-state index in [1.54, 1.807) is 0 Å². The Morgan fingerprint density at radius 2 is 1.55 bits per heavy atom. The number of hydrogen-bond acceptors (Lipinski definition) is 5. The monoisotopic (exact) mass is 396 g/mol. The first-order valence-electron chi connectivity index (χ1n) is 9.10. The second-order valence-corrected chi connectivity index (χ2v) is 6.80. The van der Waals surface area contributed by atoms with Crippen LogP contribution in [-0.4, -0.2) is 30.2 Å². The van der Waals surface area contributed by atoms with E-state index < -0.39 is 18.4 Å². The molecule has 0 aliphatic heterocycles. The summed E-state index contributed by atoms with van der Waals surface area (Å²) in [7, 11) is 0. The summed E-state index contributed by atoms with van der Waals surface area (Å²) in [6, 6.07) is 10.2. The van der Waals surface area contributed by atoms with Gasteiger partial charge >= 0.3 is 5.97 Å². The molecule has 0 aliphatic rings. The molecule has 29 heavy (non-hydrogen) atoms. The van der Waals surface area contributed by atoms with Crippen LogP contribution < -0.4 is 10.6 Å². The normalized spacial score (nSPS) is 10.2. The zero-order valence-corrected chi connectivity index (χ0v) is 16.9. The lowest BCUT2D eigenvalue weighted by Gasteiger charge is -2.12. The number of ketones is 1. The van der Waals surface area contributed by atoms with E-state index >= 15 is 0 Å². The third kappa shape index (κ3) is 6.57. The zero-order valence-electron chi connectivity index (χ0n) is 16.9. The van der Waals surface area contributed by atoms with Gasteiger partial charge in [-0.1, -0.05) is 18.2 Å². The standard InChI is InChI=1S/C22H24N2O5/c1-13-5-6-17(9-14(13)2)10-22(28)29-12-21(27)19-8-7-18(23-15(3)25)11-20(19)24-16(4)26/h5-9,11H,10,12H2,1-4H3,(H,23,25)(H,24,26). The summed E-state index contributed by atoms with van der Waals surface area (Å²) in [6.45, 7) is 6.16. The van der Waals surface area contributed by atoms with Gasteiger partial charge in [-0.2, -0.15) is 0 Å². The number of benzene rings is 2. The molecule has 2 N–H and O–H groups in total. The minimum absolute atomic E-state index is 0.0639. The highest BCUT2D eigenvalue weighted by Gasteiger charge is 2.16. The molecule has 7 nitrogen and oxygen atoms in total. The Bertz CT molecular complexity index is 966. The van der Waals surface area contributed by atoms with Gasteiger partial charge in [-0.3, -0.25) is 19.2 Å². The molecule has 0 radical (unpaired) electrons. The Morgan fingerprint density at radius 1 is 0.862 bits per heavy atom. The molecule has 2 aromatic carbocycles. The molecule has 152 valence electrons. The third-order valence-corrected chi connectivity index (χ3v) is 4.24. The van der Waals surface area contributed by atoms with Crippen LogP contribution in [0.15, 0.2) is 36.4 Å². The minimum Gasteiger partial charge on any atom is -0.457 e. The van der Waals surface area contributed by atoms with Crippen molar-refractivity contribution in [2.24, 2.45) is 0 Å². The largest absolute Gasteiger partial charge is 0.457 e. The SMILES string of the molecule is CC(=O)Nc1ccc(C(=O)COC(=O)Cc2ccc(C)c(C)c2)c(NC(C)=O)c1. The molecule has 0 aromatic heterocycles. The molecule has 0 aliphatic carbocycles. The smallest absolute Gasteiger partial charge is 0.310 e. The van der Waals surface area contributed by atoms with E-state index in [4.69, 9.17) is 4.74 Å². The van der Waals surface area contributed by atoms with Crippen LogP contribution in [0.25, 0.3) is 0 Å². The van der Waals surface area contributed by atoms with Gasteiger partial charge in [0.1, 0.15) is 0 Å². The van der Waals surface area contributed by atoms with Crippen molar-refractivity contribution in [2.75, 3.05) is 17.2 Å². The van der Waals surface area contributed by atoms with E-state index in [0.29, 0.717) is 5.69 Å². The predicted octanol–water partition coefficient (Wildman–Crippen LogP) is 3.19. The lowest BCUT2D eigenvalue weighted by Crippen LogP contribution is -2.18. The average Bonchev–Trinajstić information content (AvgIpc) is 2.62. The second kappa shape index (κ2) is 9.64. The van der Waals surface area contributed by atoms with Crippen LogP contribution in [0.3, 0.4) is 0 Å². The average molecular weight is 396 g/mol. The molecular weight excluding hydrogens is 372 g/mol. The van der Waals surface area contributed by atoms with Crippen molar-refractivity contribution in [2.45, 2.75) is 34.1 Å². The van der Waals surface area contributed by atoms with Gasteiger partial charge in [-0.05, 0) is 48.7 Å². The number of esters is 1. The van der Waals surface area contributed by atoms with Crippen LogP contribution in [0.2, 0.25) is 0 Å². The van der Waals surface area contributed by atoms with Crippen LogP contribution in [0.5, 0.6) is 0 Å². The summed E-state index contributed by atoms with van der Waals surface area (Å²) in [5.74, 6) is -1.63. The van der Waals surface area contributed by atoms with Crippen molar-refractivity contribution in [3.8, 4) is 0 Å². The van der Waals surface area contributed by atoms with Crippen LogP contribution >= 0.6 is 0 Å². The van der Waals surface area contributed by atoms with Gasteiger partial charge < -0.3 is 15.4 Å². The lowest BCUT2D eigenvalue weighted by molar-refractivity contribution is -0.141. The number of ether oxygens (including phenoxy) is 1. The van der Waals surface area contributed by atoms with Gasteiger partial charge in [0.25, 0.3) is 0 Å². The third-order valence-electron chi connectivity index (χ3n) is 4.24. The fourth-order valence-corrected chi connectivity index (χ4v) is 2.72. The number of rotatable bonds is 7. The first kappa shape index (κ1) is 21.8. The molecule has 7 heteroatoms. The van der Waals surface area contributed by atoms with Crippen LogP contribution in [-0.2, 0) is 25.5 Å². The number of anilines is 2. The van der Waals surface area contributed by atoms with Crippen molar-refractivity contribution >= 4 is 34.9 Å². The van der Waals surface area contributed by atoms with E-state index in [1.165, 1.54) is 32.0 Å². The van der Waals surface area contributed by atoms with Crippen LogP contribution in [0.1, 0.15) is 40.9 Å². The maximum absolute atomic E-state index is 12.5. The fraction of sp³-hybridized carbons (Fsp3) is 0.273. The number of amides is 2. The fourth-order valence-electron chi connectivity index (χ4n) is 2.72. The molecule has 0 fully saturated rings. The summed E-state index contributed by atoms with van der Waals surface area (Å²) in [4.78, 5) is 47.3. The van der Waals surface area contributed by atoms with Gasteiger partial charge in [0, 0.05) is 25.1 Å². The maximum Gasteiger partial charge on any atom is 0.310 e. The lowest BCUT2D eigenvalue weighted by atomic mass is 10.0. The second-order valence-electron chi connectivity index (χ2n) is 6.80. The Balaban J connectivity index is 2.06. The van der Waals surface area contributed by atoms with Gasteiger partial charge in [0.2, 0.25) is 17.6 Å². The topological polar surface area (TPSA) is 102 Å². The molecule has 0 bridgehead atoms. The van der Waals surface area contributed by atoms with E-state index in [0.717, 1.165) is 16.7 Å². The quantitative estimate of drug-likeness (QED) is 0.553. The van der Waals surface area contributed by atoms with Gasteiger partial charge in [-0.15, -0.1) is 0 Å². The van der Waals surface area contributed by atoms with Crippen molar-refractivity contribution in [1.29, 1.82) is 0 Å². The highest BCUT2D eigenvalue weighted by atomic mass is 16.5. The highest BCUT2D eigenvalue weighted by molar-refractivity contribution is 6.06. The summed E-state index contributed by atoms with van der Waals surface area (Å²) in [6.07, 6.45) is 0.0639. The first-order valence-corrected chi connectivity index (χ1v) is 9.10. The molecule has 2 aromatic rings. The molecular formula is C22H24N2O5. The van der Waals surface area contributed by atoms with Crippen molar-refractivity contribution in [3.63, 3.8) is 0 Å². The van der Waals surface area contributed by atoms with E-state index in [2.05, 4.69) is 10.6 Å². The maximum atomic E-state index is 12.5. The van der Waals surface area contributed by atoms with Crippen molar-refractivity contribution in [1.82, 2.24) is 0 Å². The zero-order chi connectivity index (χ0) is 21.6. The number of nitrogens with one attached hydrogen (secondary N) is 2. The summed E-state index contributed by atoms with van der Waals surface area (Å²) >= 11 is 0. The van der Waals surface area contributed by atoms with E-state index in [-0.39, 0.29) is 29.5 Å². The van der Waals surface area contributed by atoms with Crippen molar-refractivity contribution < 1.29 is 23.9 Å². The summed E-state index contributed by atoms with van der Waals surface area (Å²) in [5, 5.41) is 5.14. The molecule has 2 rings (SSSR count). The van der Waals surface area contributed by atoms with Crippen LogP contribution in [0, 0.1) is 13.8 Å². The molecule has 0 unspecified atom stereocenters. The Hall–Kier alpha value is -3.48. The minimum atomic E-state index is -0.516. The summed E-state index contributed by atoms with van der Waals surface area (Å²) in [5.41, 5.74) is 3.87. The first-order chi connectivity index (χ1) is 13.7. The van der Waals surface area contributed by atoms with Crippen LogP contribution in [0.4, 0.5) is 11.4 Å². The van der Waals surface area contributed by atoms with E-state index in [9.17, 15) is 19.2 Å². The number of hydrogen-bond donors (Lipinski definition) is 2. The number of Topliss-reactive ketones (excluding diaryl/α,β-unsaturated/α-hetero) is 1. The van der Waals surface area contributed by atoms with E-state index in [1.807, 2.05) is 32.0 Å². The molecule has 0 atom stereocenters. The molecule has 0 heterocycles. The predicted molar refractivity (Wildman–Crippen MR) is 110 cm³/mol. The number of carbonyl (C=O) groups is 4. The van der Waals surface area contributed by atoms with Gasteiger partial charge in [-0.25, -0.2) is 0 Å². The van der Waals surface area contributed by atoms with Gasteiger partial charge in [0.05, 0.1) is 12.1 Å². The molecule has 0 spiro atoms. The molecule has 0 saturated heterocycles. The molecule has 0 saturated carbocycles. The van der Waals surface area contributed by atoms with Crippen molar-refractivity contribution in [3.05, 3.63) is 58.7 Å². The summed E-state index contributed by atoms with van der Waals surface area (Å²) < 4.78 is 5.12. The highest BCUT2D eigenvalue weighted by Crippen LogP contribution is 2.22. The van der Waals surface area contributed by atoms with Gasteiger partial charge in [0.15, 0.2) is 6.61 Å². The molecule has 2 amide bonds. The Kier molecular flexibility index (Phi) is 7.25. The Morgan fingerprint density at radius 3 is 2.17 bits per heavy atom. The number of aryl methyl sites for hydroxylation is 2. The Labute approximate surface area is 169 Å².